The monoisotopic (exact) mass is 298 g/mol. The zero-order valence-corrected chi connectivity index (χ0v) is 12.1. The molecule has 1 aromatic heterocycles. The minimum atomic E-state index is -0.994. The van der Waals surface area contributed by atoms with Crippen LogP contribution in [0.3, 0.4) is 0 Å². The van der Waals surface area contributed by atoms with Gasteiger partial charge in [0.05, 0.1) is 23.8 Å². The van der Waals surface area contributed by atoms with Gasteiger partial charge in [-0.2, -0.15) is 4.68 Å². The number of amides is 1. The van der Waals surface area contributed by atoms with Crippen molar-refractivity contribution in [2.75, 3.05) is 6.54 Å². The van der Waals surface area contributed by atoms with E-state index in [0.717, 1.165) is 0 Å². The van der Waals surface area contributed by atoms with Crippen molar-refractivity contribution >= 4 is 17.7 Å². The molecule has 0 aromatic carbocycles. The van der Waals surface area contributed by atoms with Crippen molar-refractivity contribution in [3.8, 4) is 0 Å². The predicted molar refractivity (Wildman–Crippen MR) is 72.6 cm³/mol. The van der Waals surface area contributed by atoms with Crippen molar-refractivity contribution in [3.63, 3.8) is 0 Å². The van der Waals surface area contributed by atoms with Crippen molar-refractivity contribution in [2.45, 2.75) is 39.3 Å². The van der Waals surface area contributed by atoms with E-state index >= 15 is 0 Å². The molecule has 0 atom stereocenters. The Hall–Kier alpha value is -2.45. The molecule has 9 nitrogen and oxygen atoms in total. The first-order chi connectivity index (χ1) is 9.61. The van der Waals surface area contributed by atoms with E-state index in [1.54, 1.807) is 20.8 Å². The summed E-state index contributed by atoms with van der Waals surface area (Å²) in [5, 5.41) is 22.9. The van der Waals surface area contributed by atoms with Crippen LogP contribution in [0.4, 0.5) is 5.82 Å². The Morgan fingerprint density at radius 2 is 2.10 bits per heavy atom. The van der Waals surface area contributed by atoms with E-state index in [0.29, 0.717) is 0 Å². The van der Waals surface area contributed by atoms with Crippen LogP contribution >= 0.6 is 0 Å². The largest absolute Gasteiger partial charge is 0.481 e. The summed E-state index contributed by atoms with van der Waals surface area (Å²) in [5.41, 5.74) is -0.550. The average Bonchev–Trinajstić information content (AvgIpc) is 2.75. The number of nitrogens with zero attached hydrogens (tertiary/aromatic N) is 4. The number of hydrogen-bond acceptors (Lipinski definition) is 5. The maximum absolute atomic E-state index is 12.3. The van der Waals surface area contributed by atoms with Crippen LogP contribution in [0.25, 0.3) is 0 Å². The first-order valence-electron chi connectivity index (χ1n) is 6.31. The highest BCUT2D eigenvalue weighted by Gasteiger charge is 2.27. The lowest BCUT2D eigenvalue weighted by atomic mass is 10.1. The van der Waals surface area contributed by atoms with Gasteiger partial charge in [0.15, 0.2) is 0 Å². The first kappa shape index (κ1) is 16.6. The van der Waals surface area contributed by atoms with Gasteiger partial charge in [-0.1, -0.05) is 0 Å². The Morgan fingerprint density at radius 3 is 2.52 bits per heavy atom. The SMILES string of the molecule is CC(C)(C)N(CCC(=O)O)C(=O)Cn1ccc([N+](=O)[O-])n1. The predicted octanol–water partition coefficient (Wildman–Crippen LogP) is 0.893. The molecule has 0 fully saturated rings. The van der Waals surface area contributed by atoms with Crippen molar-refractivity contribution in [2.24, 2.45) is 0 Å². The number of aliphatic carboxylic acids is 1. The Morgan fingerprint density at radius 1 is 1.48 bits per heavy atom. The lowest BCUT2D eigenvalue weighted by molar-refractivity contribution is -0.389. The Balaban J connectivity index is 2.80. The first-order valence-corrected chi connectivity index (χ1v) is 6.31. The molecular weight excluding hydrogens is 280 g/mol. The zero-order valence-electron chi connectivity index (χ0n) is 12.1. The van der Waals surface area contributed by atoms with Crippen molar-refractivity contribution in [3.05, 3.63) is 22.4 Å². The van der Waals surface area contributed by atoms with E-state index in [2.05, 4.69) is 5.10 Å². The van der Waals surface area contributed by atoms with E-state index in [4.69, 9.17) is 5.11 Å². The molecule has 1 rings (SSSR count). The van der Waals surface area contributed by atoms with Crippen LogP contribution in [-0.4, -0.2) is 48.7 Å². The third-order valence-electron chi connectivity index (χ3n) is 2.77. The fourth-order valence-electron chi connectivity index (χ4n) is 1.80. The van der Waals surface area contributed by atoms with E-state index in [1.165, 1.54) is 21.8 Å². The lowest BCUT2D eigenvalue weighted by Gasteiger charge is -2.35. The molecule has 0 spiro atoms. The van der Waals surface area contributed by atoms with E-state index in [1.807, 2.05) is 0 Å². The molecule has 0 aliphatic heterocycles. The second-order valence-corrected chi connectivity index (χ2v) is 5.49. The van der Waals surface area contributed by atoms with Gasteiger partial charge in [0.2, 0.25) is 5.91 Å². The maximum atomic E-state index is 12.3. The van der Waals surface area contributed by atoms with Crippen molar-refractivity contribution in [1.29, 1.82) is 0 Å². The number of carboxylic acids is 1. The van der Waals surface area contributed by atoms with E-state index < -0.39 is 16.4 Å². The molecule has 1 aromatic rings. The average molecular weight is 298 g/mol. The van der Waals surface area contributed by atoms with Gasteiger partial charge >= 0.3 is 11.8 Å². The molecule has 0 aliphatic rings. The normalized spacial score (nSPS) is 11.2. The number of carbonyl (C=O) groups is 2. The molecule has 116 valence electrons. The molecule has 0 aliphatic carbocycles. The second-order valence-electron chi connectivity index (χ2n) is 5.49. The highest BCUT2D eigenvalue weighted by Crippen LogP contribution is 2.15. The topological polar surface area (TPSA) is 119 Å². The summed E-state index contributed by atoms with van der Waals surface area (Å²) in [4.78, 5) is 34.2. The standard InChI is InChI=1S/C12H18N4O5/c1-12(2,3)15(7-5-11(18)19)10(17)8-14-6-4-9(13-14)16(20)21/h4,6H,5,7-8H2,1-3H3,(H,18,19). The third kappa shape index (κ3) is 4.86. The number of nitro groups is 1. The molecule has 9 heteroatoms. The lowest BCUT2D eigenvalue weighted by Crippen LogP contribution is -2.48. The Labute approximate surface area is 121 Å². The van der Waals surface area contributed by atoms with Crippen LogP contribution in [-0.2, 0) is 16.1 Å². The summed E-state index contributed by atoms with van der Waals surface area (Å²) in [6.07, 6.45) is 1.18. The molecular formula is C12H18N4O5. The molecule has 1 N–H and O–H groups in total. The van der Waals surface area contributed by atoms with Gasteiger partial charge in [-0.15, -0.1) is 0 Å². The Kier molecular flexibility index (Phi) is 5.01. The summed E-state index contributed by atoms with van der Waals surface area (Å²) < 4.78 is 1.17. The zero-order chi connectivity index (χ0) is 16.2. The minimum Gasteiger partial charge on any atom is -0.481 e. The van der Waals surface area contributed by atoms with Gasteiger partial charge in [-0.25, -0.2) is 0 Å². The van der Waals surface area contributed by atoms with Gasteiger partial charge in [0.25, 0.3) is 0 Å². The molecule has 1 amide bonds. The van der Waals surface area contributed by atoms with Crippen LogP contribution in [0, 0.1) is 10.1 Å². The molecule has 21 heavy (non-hydrogen) atoms. The number of carboxylic acid groups (broad SMARTS) is 1. The summed E-state index contributed by atoms with van der Waals surface area (Å²) in [5.74, 6) is -1.68. The number of aromatic nitrogens is 2. The second kappa shape index (κ2) is 6.33. The van der Waals surface area contributed by atoms with Gasteiger partial charge in [-0.05, 0) is 25.7 Å². The van der Waals surface area contributed by atoms with Crippen LogP contribution < -0.4 is 0 Å². The van der Waals surface area contributed by atoms with Gasteiger partial charge in [0, 0.05) is 12.1 Å². The highest BCUT2D eigenvalue weighted by molar-refractivity contribution is 5.77. The van der Waals surface area contributed by atoms with Crippen molar-refractivity contribution < 1.29 is 19.6 Å². The number of rotatable bonds is 6. The Bertz CT molecular complexity index is 546. The number of hydrogen-bond donors (Lipinski definition) is 1. The fraction of sp³-hybridized carbons (Fsp3) is 0.583. The third-order valence-corrected chi connectivity index (χ3v) is 2.77. The molecule has 0 bridgehead atoms. The summed E-state index contributed by atoms with van der Waals surface area (Å²) in [6.45, 7) is 5.26. The fourth-order valence-corrected chi connectivity index (χ4v) is 1.80. The molecule has 0 radical (unpaired) electrons. The van der Waals surface area contributed by atoms with E-state index in [-0.39, 0.29) is 31.2 Å². The molecule has 1 heterocycles. The summed E-state index contributed by atoms with van der Waals surface area (Å²) in [6, 6.07) is 1.20. The molecule has 0 unspecified atom stereocenters. The minimum absolute atomic E-state index is 0.0705. The van der Waals surface area contributed by atoms with Gasteiger partial charge < -0.3 is 20.1 Å². The van der Waals surface area contributed by atoms with Gasteiger partial charge in [-0.3, -0.25) is 9.59 Å². The highest BCUT2D eigenvalue weighted by atomic mass is 16.6. The van der Waals surface area contributed by atoms with Crippen molar-refractivity contribution in [1.82, 2.24) is 14.7 Å². The van der Waals surface area contributed by atoms with Crippen LogP contribution in [0.15, 0.2) is 12.3 Å². The van der Waals surface area contributed by atoms with Gasteiger partial charge in [0.1, 0.15) is 6.54 Å². The maximum Gasteiger partial charge on any atom is 0.389 e. The van der Waals surface area contributed by atoms with Crippen LogP contribution in [0.2, 0.25) is 0 Å². The summed E-state index contributed by atoms with van der Waals surface area (Å²) in [7, 11) is 0. The van der Waals surface area contributed by atoms with Crippen LogP contribution in [0.1, 0.15) is 27.2 Å². The number of carbonyl (C=O) groups excluding carboxylic acids is 1. The molecule has 0 saturated heterocycles. The van der Waals surface area contributed by atoms with Crippen LogP contribution in [0.5, 0.6) is 0 Å². The van der Waals surface area contributed by atoms with E-state index in [9.17, 15) is 19.7 Å². The molecule has 0 saturated carbocycles. The summed E-state index contributed by atoms with van der Waals surface area (Å²) >= 11 is 0. The quantitative estimate of drug-likeness (QED) is 0.615. The smallest absolute Gasteiger partial charge is 0.389 e.